The van der Waals surface area contributed by atoms with E-state index in [1.807, 2.05) is 24.0 Å². The van der Waals surface area contributed by atoms with Crippen molar-refractivity contribution >= 4 is 17.6 Å². The number of pyridine rings is 1. The predicted molar refractivity (Wildman–Crippen MR) is 64.3 cm³/mol. The van der Waals surface area contributed by atoms with Gasteiger partial charge in [-0.1, -0.05) is 25.8 Å². The fourth-order valence-electron chi connectivity index (χ4n) is 1.17. The van der Waals surface area contributed by atoms with Crippen LogP contribution in [0.1, 0.15) is 31.7 Å². The summed E-state index contributed by atoms with van der Waals surface area (Å²) in [5.74, 6) is 2.90. The molecule has 0 spiro atoms. The van der Waals surface area contributed by atoms with E-state index in [1.54, 1.807) is 0 Å². The number of anilines is 1. The van der Waals surface area contributed by atoms with Crippen molar-refractivity contribution in [2.75, 3.05) is 11.5 Å². The summed E-state index contributed by atoms with van der Waals surface area (Å²) in [7, 11) is 0. The summed E-state index contributed by atoms with van der Waals surface area (Å²) in [6.07, 6.45) is 5.82. The molecule has 0 saturated carbocycles. The molecule has 2 N–H and O–H groups in total. The second-order valence-corrected chi connectivity index (χ2v) is 4.46. The van der Waals surface area contributed by atoms with Gasteiger partial charge in [0.2, 0.25) is 0 Å². The minimum absolute atomic E-state index is 0.602. The Hall–Kier alpha value is -0.700. The number of hydrogen-bond donors (Lipinski definition) is 1. The predicted octanol–water partition coefficient (Wildman–Crippen LogP) is 3.09. The molecule has 3 heteroatoms. The van der Waals surface area contributed by atoms with Crippen LogP contribution in [0.4, 0.5) is 5.82 Å². The Morgan fingerprint density at radius 1 is 1.36 bits per heavy atom. The topological polar surface area (TPSA) is 38.9 Å². The third-order valence-corrected chi connectivity index (χ3v) is 3.12. The lowest BCUT2D eigenvalue weighted by molar-refractivity contribution is 0.778. The lowest BCUT2D eigenvalue weighted by Crippen LogP contribution is -1.90. The van der Waals surface area contributed by atoms with Crippen LogP contribution in [0, 0.1) is 0 Å². The van der Waals surface area contributed by atoms with Gasteiger partial charge in [0.05, 0.1) is 0 Å². The second kappa shape index (κ2) is 6.71. The number of nitrogens with zero attached hydrogens (tertiary/aromatic N) is 1. The third-order valence-electron chi connectivity index (χ3n) is 2.01. The molecule has 0 aliphatic carbocycles. The molecule has 2 nitrogen and oxygen atoms in total. The number of thioether (sulfide) groups is 1. The van der Waals surface area contributed by atoms with E-state index >= 15 is 0 Å². The molecule has 0 amide bonds. The van der Waals surface area contributed by atoms with E-state index in [9.17, 15) is 0 Å². The largest absolute Gasteiger partial charge is 0.384 e. The van der Waals surface area contributed by atoms with Crippen molar-refractivity contribution in [3.8, 4) is 0 Å². The van der Waals surface area contributed by atoms with Crippen molar-refractivity contribution in [3.63, 3.8) is 0 Å². The Kier molecular flexibility index (Phi) is 5.45. The first-order chi connectivity index (χ1) is 6.83. The van der Waals surface area contributed by atoms with Gasteiger partial charge in [-0.15, -0.1) is 0 Å². The smallest absolute Gasteiger partial charge is 0.123 e. The average molecular weight is 210 g/mol. The maximum atomic E-state index is 5.50. The first-order valence-electron chi connectivity index (χ1n) is 5.11. The van der Waals surface area contributed by atoms with Gasteiger partial charge in [-0.05, 0) is 23.8 Å². The summed E-state index contributed by atoms with van der Waals surface area (Å²) in [4.78, 5) is 4.06. The average Bonchev–Trinajstić information content (AvgIpc) is 2.21. The standard InChI is InChI=1S/C11H18N2S/c1-2-3-4-7-14-9-10-5-6-11(12)13-8-10/h5-6,8H,2-4,7,9H2,1H3,(H2,12,13). The number of unbranched alkanes of at least 4 members (excludes halogenated alkanes) is 2. The van der Waals surface area contributed by atoms with E-state index in [0.29, 0.717) is 5.82 Å². The van der Waals surface area contributed by atoms with Gasteiger partial charge in [0, 0.05) is 11.9 Å². The highest BCUT2D eigenvalue weighted by atomic mass is 32.2. The van der Waals surface area contributed by atoms with Crippen molar-refractivity contribution in [3.05, 3.63) is 23.9 Å². The number of nitrogen functional groups attached to an aromatic ring is 1. The number of rotatable bonds is 6. The Morgan fingerprint density at radius 2 is 2.21 bits per heavy atom. The summed E-state index contributed by atoms with van der Waals surface area (Å²) in [5, 5.41) is 0. The first kappa shape index (κ1) is 11.4. The van der Waals surface area contributed by atoms with Crippen LogP contribution in [0.5, 0.6) is 0 Å². The third kappa shape index (κ3) is 4.51. The molecular weight excluding hydrogens is 192 g/mol. The molecule has 1 rings (SSSR count). The van der Waals surface area contributed by atoms with Crippen LogP contribution in [0.15, 0.2) is 18.3 Å². The molecule has 1 aromatic heterocycles. The van der Waals surface area contributed by atoms with Crippen molar-refractivity contribution < 1.29 is 0 Å². The fourth-order valence-corrected chi connectivity index (χ4v) is 2.12. The van der Waals surface area contributed by atoms with Crippen LogP contribution < -0.4 is 5.73 Å². The number of hydrogen-bond acceptors (Lipinski definition) is 3. The molecule has 0 unspecified atom stereocenters. The van der Waals surface area contributed by atoms with Gasteiger partial charge in [0.25, 0.3) is 0 Å². The Bertz CT molecular complexity index is 246. The van der Waals surface area contributed by atoms with Gasteiger partial charge in [-0.3, -0.25) is 0 Å². The lowest BCUT2D eigenvalue weighted by Gasteiger charge is -2.01. The van der Waals surface area contributed by atoms with Gasteiger partial charge in [-0.2, -0.15) is 11.8 Å². The Balaban J connectivity index is 2.15. The van der Waals surface area contributed by atoms with Crippen molar-refractivity contribution in [1.29, 1.82) is 0 Å². The molecule has 78 valence electrons. The fraction of sp³-hybridized carbons (Fsp3) is 0.545. The van der Waals surface area contributed by atoms with Crippen LogP contribution in [-0.4, -0.2) is 10.7 Å². The molecule has 0 atom stereocenters. The summed E-state index contributed by atoms with van der Waals surface area (Å²) >= 11 is 1.97. The van der Waals surface area contributed by atoms with Crippen LogP contribution in [0.25, 0.3) is 0 Å². The van der Waals surface area contributed by atoms with E-state index in [0.717, 1.165) is 5.75 Å². The lowest BCUT2D eigenvalue weighted by atomic mass is 10.3. The molecule has 0 fully saturated rings. The molecule has 14 heavy (non-hydrogen) atoms. The SMILES string of the molecule is CCCCCSCc1ccc(N)nc1. The van der Waals surface area contributed by atoms with Gasteiger partial charge in [0.15, 0.2) is 0 Å². The van der Waals surface area contributed by atoms with Gasteiger partial charge in [-0.25, -0.2) is 4.98 Å². The van der Waals surface area contributed by atoms with Crippen LogP contribution in [-0.2, 0) is 5.75 Å². The highest BCUT2D eigenvalue weighted by Crippen LogP contribution is 2.14. The molecular formula is C11H18N2S. The number of nitrogens with two attached hydrogens (primary N) is 1. The summed E-state index contributed by atoms with van der Waals surface area (Å²) in [5.41, 5.74) is 6.77. The van der Waals surface area contributed by atoms with Gasteiger partial charge < -0.3 is 5.73 Å². The molecule has 0 aromatic carbocycles. The zero-order valence-corrected chi connectivity index (χ0v) is 9.52. The molecule has 1 aromatic rings. The second-order valence-electron chi connectivity index (χ2n) is 3.35. The molecule has 0 radical (unpaired) electrons. The van der Waals surface area contributed by atoms with E-state index in [4.69, 9.17) is 5.73 Å². The minimum Gasteiger partial charge on any atom is -0.384 e. The molecule has 0 bridgehead atoms. The first-order valence-corrected chi connectivity index (χ1v) is 6.26. The number of aromatic nitrogens is 1. The van der Waals surface area contributed by atoms with Gasteiger partial charge >= 0.3 is 0 Å². The molecule has 1 heterocycles. The zero-order chi connectivity index (χ0) is 10.2. The molecule has 0 aliphatic rings. The Morgan fingerprint density at radius 3 is 2.86 bits per heavy atom. The highest BCUT2D eigenvalue weighted by Gasteiger charge is 1.94. The highest BCUT2D eigenvalue weighted by molar-refractivity contribution is 7.98. The summed E-state index contributed by atoms with van der Waals surface area (Å²) in [6, 6.07) is 3.91. The molecule has 0 saturated heterocycles. The zero-order valence-electron chi connectivity index (χ0n) is 8.70. The minimum atomic E-state index is 0.602. The normalized spacial score (nSPS) is 10.4. The molecule has 0 aliphatic heterocycles. The summed E-state index contributed by atoms with van der Waals surface area (Å²) < 4.78 is 0. The summed E-state index contributed by atoms with van der Waals surface area (Å²) in [6.45, 7) is 2.23. The van der Waals surface area contributed by atoms with Crippen LogP contribution >= 0.6 is 11.8 Å². The van der Waals surface area contributed by atoms with Crippen LogP contribution in [0.2, 0.25) is 0 Å². The van der Waals surface area contributed by atoms with E-state index in [1.165, 1.54) is 30.6 Å². The van der Waals surface area contributed by atoms with Crippen LogP contribution in [0.3, 0.4) is 0 Å². The monoisotopic (exact) mass is 210 g/mol. The van der Waals surface area contributed by atoms with E-state index < -0.39 is 0 Å². The van der Waals surface area contributed by atoms with Crippen molar-refractivity contribution in [2.24, 2.45) is 0 Å². The quantitative estimate of drug-likeness (QED) is 0.733. The Labute approximate surface area is 90.3 Å². The maximum absolute atomic E-state index is 5.50. The maximum Gasteiger partial charge on any atom is 0.123 e. The van der Waals surface area contributed by atoms with E-state index in [-0.39, 0.29) is 0 Å². The van der Waals surface area contributed by atoms with Crippen molar-refractivity contribution in [2.45, 2.75) is 31.9 Å². The van der Waals surface area contributed by atoms with E-state index in [2.05, 4.69) is 18.0 Å². The van der Waals surface area contributed by atoms with Crippen molar-refractivity contribution in [1.82, 2.24) is 4.98 Å². The van der Waals surface area contributed by atoms with Gasteiger partial charge in [0.1, 0.15) is 5.82 Å².